The molecule has 0 unspecified atom stereocenters. The Hall–Kier alpha value is -2.45. The molecule has 1 amide bonds. The van der Waals surface area contributed by atoms with Crippen molar-refractivity contribution in [1.82, 2.24) is 19.9 Å². The predicted molar refractivity (Wildman–Crippen MR) is 132 cm³/mol. The second-order valence-corrected chi connectivity index (χ2v) is 10.4. The van der Waals surface area contributed by atoms with E-state index in [2.05, 4.69) is 34.1 Å². The number of hydrogen-bond donors (Lipinski definition) is 0. The Morgan fingerprint density at radius 2 is 1.78 bits per heavy atom. The number of carbonyl (C=O) groups is 1. The van der Waals surface area contributed by atoms with E-state index >= 15 is 0 Å². The summed E-state index contributed by atoms with van der Waals surface area (Å²) in [6.45, 7) is 11.2. The summed E-state index contributed by atoms with van der Waals surface area (Å²) in [4.78, 5) is 32.1. The molecule has 0 saturated carbocycles. The molecule has 0 bridgehead atoms. The Labute approximate surface area is 198 Å². The monoisotopic (exact) mass is 467 g/mol. The molecule has 3 heterocycles. The third-order valence-electron chi connectivity index (χ3n) is 5.42. The van der Waals surface area contributed by atoms with Gasteiger partial charge in [-0.25, -0.2) is 15.0 Å². The van der Waals surface area contributed by atoms with Gasteiger partial charge in [0.1, 0.15) is 11.6 Å². The molecule has 4 rings (SSSR count). The quantitative estimate of drug-likeness (QED) is 0.479. The van der Waals surface area contributed by atoms with Gasteiger partial charge in [0.15, 0.2) is 0 Å². The molecule has 1 saturated heterocycles. The Morgan fingerprint density at radius 1 is 1.06 bits per heavy atom. The number of amides is 1. The molecule has 0 spiro atoms. The van der Waals surface area contributed by atoms with Crippen molar-refractivity contribution in [3.63, 3.8) is 0 Å². The van der Waals surface area contributed by atoms with Crippen molar-refractivity contribution in [3.05, 3.63) is 63.5 Å². The molecular weight excluding hydrogens is 438 g/mol. The molecule has 1 fully saturated rings. The van der Waals surface area contributed by atoms with Gasteiger partial charge in [-0.2, -0.15) is 0 Å². The minimum Gasteiger partial charge on any atom is -0.353 e. The van der Waals surface area contributed by atoms with Crippen LogP contribution in [-0.4, -0.2) is 51.9 Å². The van der Waals surface area contributed by atoms with Crippen molar-refractivity contribution in [2.24, 2.45) is 0 Å². The Bertz CT molecular complexity index is 1070. The van der Waals surface area contributed by atoms with E-state index in [-0.39, 0.29) is 5.91 Å². The molecule has 1 aliphatic rings. The van der Waals surface area contributed by atoms with E-state index in [1.165, 1.54) is 0 Å². The van der Waals surface area contributed by atoms with Gasteiger partial charge in [-0.15, -0.1) is 23.1 Å². The number of thioether (sulfide) groups is 1. The Balaban J connectivity index is 1.33. The zero-order valence-electron chi connectivity index (χ0n) is 19.0. The normalized spacial score (nSPS) is 14.3. The summed E-state index contributed by atoms with van der Waals surface area (Å²) in [5, 5.41) is 3.20. The maximum absolute atomic E-state index is 13.0. The smallest absolute Gasteiger partial charge is 0.253 e. The second kappa shape index (κ2) is 10.0. The molecule has 2 aromatic heterocycles. The van der Waals surface area contributed by atoms with E-state index in [1.807, 2.05) is 49.1 Å². The van der Waals surface area contributed by atoms with Gasteiger partial charge in [-0.1, -0.05) is 13.8 Å². The first-order valence-electron chi connectivity index (χ1n) is 10.9. The van der Waals surface area contributed by atoms with E-state index < -0.39 is 0 Å². The van der Waals surface area contributed by atoms with Crippen LogP contribution < -0.4 is 4.90 Å². The van der Waals surface area contributed by atoms with Crippen molar-refractivity contribution in [2.75, 3.05) is 31.1 Å². The van der Waals surface area contributed by atoms with E-state index in [0.717, 1.165) is 57.3 Å². The number of carbonyl (C=O) groups excluding carboxylic acids is 1. The number of benzene rings is 1. The summed E-state index contributed by atoms with van der Waals surface area (Å²) >= 11 is 3.42. The van der Waals surface area contributed by atoms with Crippen molar-refractivity contribution in [1.29, 1.82) is 0 Å². The van der Waals surface area contributed by atoms with E-state index in [4.69, 9.17) is 4.98 Å². The van der Waals surface area contributed by atoms with Crippen LogP contribution in [0, 0.1) is 13.8 Å². The number of nitrogens with zero attached hydrogens (tertiary/aromatic N) is 5. The molecule has 0 aliphatic carbocycles. The zero-order valence-corrected chi connectivity index (χ0v) is 20.7. The number of aromatic nitrogens is 3. The summed E-state index contributed by atoms with van der Waals surface area (Å²) in [5.74, 6) is 3.08. The third-order valence-corrected chi connectivity index (χ3v) is 7.29. The van der Waals surface area contributed by atoms with Crippen LogP contribution in [0.4, 0.5) is 5.82 Å². The van der Waals surface area contributed by atoms with Crippen LogP contribution in [0.25, 0.3) is 0 Å². The molecular formula is C24H29N5OS2. The predicted octanol–water partition coefficient (Wildman–Crippen LogP) is 4.93. The minimum atomic E-state index is 0.0954. The van der Waals surface area contributed by atoms with Crippen molar-refractivity contribution in [2.45, 2.75) is 44.3 Å². The summed E-state index contributed by atoms with van der Waals surface area (Å²) < 4.78 is 0. The van der Waals surface area contributed by atoms with Crippen LogP contribution in [0.1, 0.15) is 52.3 Å². The molecule has 0 radical (unpaired) electrons. The van der Waals surface area contributed by atoms with Crippen LogP contribution in [0.15, 0.2) is 40.6 Å². The molecule has 32 heavy (non-hydrogen) atoms. The van der Waals surface area contributed by atoms with E-state index in [9.17, 15) is 4.79 Å². The highest BCUT2D eigenvalue weighted by molar-refractivity contribution is 7.98. The maximum Gasteiger partial charge on any atom is 0.253 e. The van der Waals surface area contributed by atoms with E-state index in [0.29, 0.717) is 19.0 Å². The Morgan fingerprint density at radius 3 is 2.41 bits per heavy atom. The standard InChI is InChI=1S/C24H29N5OS2/c1-16(2)23-25-17(3)13-22(27-23)28-9-11-29(12-10-28)24(30)19-5-7-21(8-6-19)32-15-20-14-31-18(4)26-20/h5-8,13-14,16H,9-12,15H2,1-4H3. The largest absolute Gasteiger partial charge is 0.353 e. The van der Waals surface area contributed by atoms with Crippen LogP contribution in [0.5, 0.6) is 0 Å². The summed E-state index contributed by atoms with van der Waals surface area (Å²) in [6.07, 6.45) is 0. The maximum atomic E-state index is 13.0. The third kappa shape index (κ3) is 5.48. The molecule has 168 valence electrons. The van der Waals surface area contributed by atoms with Crippen molar-refractivity contribution >= 4 is 34.8 Å². The fourth-order valence-corrected chi connectivity index (χ4v) is 5.15. The number of piperazine rings is 1. The lowest BCUT2D eigenvalue weighted by atomic mass is 10.1. The minimum absolute atomic E-state index is 0.0954. The van der Waals surface area contributed by atoms with Gasteiger partial charge >= 0.3 is 0 Å². The molecule has 1 aliphatic heterocycles. The lowest BCUT2D eigenvalue weighted by molar-refractivity contribution is 0.0746. The van der Waals surface area contributed by atoms with Gasteiger partial charge in [-0.05, 0) is 38.1 Å². The zero-order chi connectivity index (χ0) is 22.7. The average Bonchev–Trinajstić information content (AvgIpc) is 3.22. The van der Waals surface area contributed by atoms with Gasteiger partial charge in [0.05, 0.1) is 10.7 Å². The highest BCUT2D eigenvalue weighted by atomic mass is 32.2. The Kier molecular flexibility index (Phi) is 7.10. The van der Waals surface area contributed by atoms with Crippen LogP contribution in [-0.2, 0) is 5.75 Å². The average molecular weight is 468 g/mol. The SMILES string of the molecule is Cc1cc(N2CCN(C(=O)c3ccc(SCc4csc(C)n4)cc3)CC2)nc(C(C)C)n1. The van der Waals surface area contributed by atoms with Crippen LogP contribution in [0.2, 0.25) is 0 Å². The summed E-state index contributed by atoms with van der Waals surface area (Å²) in [5.41, 5.74) is 2.84. The fourth-order valence-electron chi connectivity index (χ4n) is 3.64. The first-order chi connectivity index (χ1) is 15.4. The second-order valence-electron chi connectivity index (χ2n) is 8.33. The highest BCUT2D eigenvalue weighted by Crippen LogP contribution is 2.25. The molecule has 0 N–H and O–H groups in total. The molecule has 1 aromatic carbocycles. The molecule has 8 heteroatoms. The highest BCUT2D eigenvalue weighted by Gasteiger charge is 2.23. The number of anilines is 1. The molecule has 6 nitrogen and oxygen atoms in total. The molecule has 0 atom stereocenters. The molecule has 3 aromatic rings. The first-order valence-corrected chi connectivity index (χ1v) is 12.8. The van der Waals surface area contributed by atoms with E-state index in [1.54, 1.807) is 23.1 Å². The lowest BCUT2D eigenvalue weighted by Crippen LogP contribution is -2.49. The number of rotatable bonds is 6. The number of thiazole rings is 1. The number of hydrogen-bond acceptors (Lipinski definition) is 7. The van der Waals surface area contributed by atoms with Gasteiger partial charge in [0, 0.05) is 65.4 Å². The van der Waals surface area contributed by atoms with Gasteiger partial charge in [0.2, 0.25) is 0 Å². The number of aryl methyl sites for hydroxylation is 2. The van der Waals surface area contributed by atoms with Crippen molar-refractivity contribution in [3.8, 4) is 0 Å². The van der Waals surface area contributed by atoms with Gasteiger partial charge in [0.25, 0.3) is 5.91 Å². The summed E-state index contributed by atoms with van der Waals surface area (Å²) in [7, 11) is 0. The summed E-state index contributed by atoms with van der Waals surface area (Å²) in [6, 6.07) is 9.97. The fraction of sp³-hybridized carbons (Fsp3) is 0.417. The van der Waals surface area contributed by atoms with Crippen molar-refractivity contribution < 1.29 is 4.79 Å². The lowest BCUT2D eigenvalue weighted by Gasteiger charge is -2.35. The van der Waals surface area contributed by atoms with Gasteiger partial charge < -0.3 is 9.80 Å². The van der Waals surface area contributed by atoms with Crippen LogP contribution in [0.3, 0.4) is 0 Å². The van der Waals surface area contributed by atoms with Gasteiger partial charge in [-0.3, -0.25) is 4.79 Å². The first kappa shape index (κ1) is 22.7. The van der Waals surface area contributed by atoms with Crippen LogP contribution >= 0.6 is 23.1 Å². The topological polar surface area (TPSA) is 62.2 Å².